The van der Waals surface area contributed by atoms with Gasteiger partial charge >= 0.3 is 0 Å². The molecule has 0 spiro atoms. The van der Waals surface area contributed by atoms with E-state index in [0.29, 0.717) is 11.5 Å². The van der Waals surface area contributed by atoms with Gasteiger partial charge in [-0.3, -0.25) is 0 Å². The first kappa shape index (κ1) is 13.8. The summed E-state index contributed by atoms with van der Waals surface area (Å²) < 4.78 is 0. The largest absolute Gasteiger partial charge is 0.313 e. The van der Waals surface area contributed by atoms with Gasteiger partial charge in [-0.15, -0.1) is 11.3 Å². The number of likely N-dealkylation sites (N-methyl/N-ethyl adjacent to an activating group) is 1. The smallest absolute Gasteiger partial charge is 0.0897 e. The van der Waals surface area contributed by atoms with Gasteiger partial charge in [-0.2, -0.15) is 0 Å². The fourth-order valence-electron chi connectivity index (χ4n) is 3.16. The summed E-state index contributed by atoms with van der Waals surface area (Å²) in [6.45, 7) is 5.29. The van der Waals surface area contributed by atoms with Crippen LogP contribution in [-0.4, -0.2) is 17.6 Å². The summed E-state index contributed by atoms with van der Waals surface area (Å²) in [7, 11) is 0. The average molecular weight is 286 g/mol. The van der Waals surface area contributed by atoms with Crippen LogP contribution in [0, 0.1) is 6.92 Å². The van der Waals surface area contributed by atoms with Crippen LogP contribution in [0.15, 0.2) is 35.7 Å². The number of thiazole rings is 1. The second-order valence-corrected chi connectivity index (χ2v) is 6.76. The predicted octanol–water partition coefficient (Wildman–Crippen LogP) is 3.70. The first-order chi connectivity index (χ1) is 9.74. The fourth-order valence-corrected chi connectivity index (χ4v) is 3.79. The summed E-state index contributed by atoms with van der Waals surface area (Å²) in [6.07, 6.45) is 3.61. The van der Waals surface area contributed by atoms with Crippen LogP contribution in [-0.2, 0) is 11.8 Å². The van der Waals surface area contributed by atoms with Crippen molar-refractivity contribution in [3.05, 3.63) is 52.0 Å². The molecule has 0 radical (unpaired) electrons. The van der Waals surface area contributed by atoms with Crippen molar-refractivity contribution in [3.8, 4) is 0 Å². The van der Waals surface area contributed by atoms with Crippen molar-refractivity contribution in [1.29, 1.82) is 0 Å². The zero-order valence-electron chi connectivity index (χ0n) is 12.2. The van der Waals surface area contributed by atoms with Crippen molar-refractivity contribution < 1.29 is 0 Å². The Morgan fingerprint density at radius 1 is 1.30 bits per heavy atom. The molecular formula is C17H22N2S. The van der Waals surface area contributed by atoms with E-state index >= 15 is 0 Å². The molecule has 1 aromatic heterocycles. The molecule has 1 heterocycles. The summed E-state index contributed by atoms with van der Waals surface area (Å²) in [5.41, 5.74) is 3.05. The Bertz CT molecular complexity index is 557. The number of hydrogen-bond donors (Lipinski definition) is 1. The van der Waals surface area contributed by atoms with Crippen molar-refractivity contribution in [2.75, 3.05) is 6.54 Å². The SMILES string of the molecule is CCNC(Cc1csc(C)n1)C1(c2ccccc2)CC1. The summed E-state index contributed by atoms with van der Waals surface area (Å²) in [5.74, 6) is 0. The van der Waals surface area contributed by atoms with Gasteiger partial charge in [-0.1, -0.05) is 37.3 Å². The predicted molar refractivity (Wildman–Crippen MR) is 85.4 cm³/mol. The first-order valence-corrected chi connectivity index (χ1v) is 8.32. The lowest BCUT2D eigenvalue weighted by molar-refractivity contribution is 0.418. The maximum absolute atomic E-state index is 4.65. The molecule has 3 rings (SSSR count). The molecule has 2 nitrogen and oxygen atoms in total. The van der Waals surface area contributed by atoms with E-state index in [-0.39, 0.29) is 0 Å². The maximum Gasteiger partial charge on any atom is 0.0897 e. The van der Waals surface area contributed by atoms with E-state index in [1.807, 2.05) is 0 Å². The van der Waals surface area contributed by atoms with E-state index in [4.69, 9.17) is 0 Å². The van der Waals surface area contributed by atoms with Crippen molar-refractivity contribution in [3.63, 3.8) is 0 Å². The molecule has 106 valence electrons. The Balaban J connectivity index is 1.83. The molecule has 1 unspecified atom stereocenters. The zero-order valence-corrected chi connectivity index (χ0v) is 13.0. The lowest BCUT2D eigenvalue weighted by Gasteiger charge is -2.28. The van der Waals surface area contributed by atoms with Gasteiger partial charge in [-0.05, 0) is 31.9 Å². The van der Waals surface area contributed by atoms with Crippen LogP contribution in [0.3, 0.4) is 0 Å². The average Bonchev–Trinajstić information content (AvgIpc) is 3.18. The van der Waals surface area contributed by atoms with Gasteiger partial charge in [0.15, 0.2) is 0 Å². The Hall–Kier alpha value is -1.19. The number of rotatable bonds is 6. The molecule has 0 aliphatic heterocycles. The van der Waals surface area contributed by atoms with E-state index in [1.165, 1.54) is 29.1 Å². The third-order valence-corrected chi connectivity index (χ3v) is 5.16. The highest BCUT2D eigenvalue weighted by atomic mass is 32.1. The minimum atomic E-state index is 0.328. The minimum absolute atomic E-state index is 0.328. The van der Waals surface area contributed by atoms with E-state index < -0.39 is 0 Å². The van der Waals surface area contributed by atoms with Gasteiger partial charge < -0.3 is 5.32 Å². The zero-order chi connectivity index (χ0) is 14.0. The van der Waals surface area contributed by atoms with Gasteiger partial charge in [0.1, 0.15) is 0 Å². The molecule has 0 saturated heterocycles. The highest BCUT2D eigenvalue weighted by molar-refractivity contribution is 7.09. The second-order valence-electron chi connectivity index (χ2n) is 5.69. The number of hydrogen-bond acceptors (Lipinski definition) is 3. The Kier molecular flexibility index (Phi) is 3.90. The summed E-state index contributed by atoms with van der Waals surface area (Å²) >= 11 is 1.75. The molecule has 0 bridgehead atoms. The molecule has 1 atom stereocenters. The van der Waals surface area contributed by atoms with Crippen LogP contribution in [0.5, 0.6) is 0 Å². The highest BCUT2D eigenvalue weighted by Gasteiger charge is 2.50. The molecule has 1 aliphatic carbocycles. The van der Waals surface area contributed by atoms with Crippen LogP contribution >= 0.6 is 11.3 Å². The molecule has 2 aromatic rings. The van der Waals surface area contributed by atoms with E-state index in [9.17, 15) is 0 Å². The van der Waals surface area contributed by atoms with Gasteiger partial charge in [0.05, 0.1) is 10.7 Å². The summed E-state index contributed by atoms with van der Waals surface area (Å²) in [4.78, 5) is 4.65. The van der Waals surface area contributed by atoms with Gasteiger partial charge in [0.25, 0.3) is 0 Å². The minimum Gasteiger partial charge on any atom is -0.313 e. The number of aryl methyl sites for hydroxylation is 1. The topological polar surface area (TPSA) is 24.9 Å². The number of aromatic nitrogens is 1. The number of benzene rings is 1. The number of nitrogens with one attached hydrogen (secondary N) is 1. The number of nitrogens with zero attached hydrogens (tertiary/aromatic N) is 1. The van der Waals surface area contributed by atoms with Gasteiger partial charge in [0, 0.05) is 23.3 Å². The van der Waals surface area contributed by atoms with Crippen LogP contribution in [0.2, 0.25) is 0 Å². The Morgan fingerprint density at radius 3 is 2.60 bits per heavy atom. The van der Waals surface area contributed by atoms with Crippen molar-refractivity contribution in [2.45, 2.75) is 44.6 Å². The first-order valence-electron chi connectivity index (χ1n) is 7.44. The summed E-state index contributed by atoms with van der Waals surface area (Å²) in [5, 5.41) is 7.08. The molecule has 3 heteroatoms. The normalized spacial score (nSPS) is 17.9. The quantitative estimate of drug-likeness (QED) is 0.876. The Labute approximate surface area is 125 Å². The van der Waals surface area contributed by atoms with E-state index in [0.717, 1.165) is 13.0 Å². The van der Waals surface area contributed by atoms with E-state index in [1.54, 1.807) is 11.3 Å². The van der Waals surface area contributed by atoms with Crippen molar-refractivity contribution >= 4 is 11.3 Å². The molecule has 1 N–H and O–H groups in total. The Morgan fingerprint density at radius 2 is 2.05 bits per heavy atom. The maximum atomic E-state index is 4.65. The standard InChI is InChI=1S/C17H22N2S/c1-3-18-16(11-15-12-20-13(2)19-15)17(9-10-17)14-7-5-4-6-8-14/h4-8,12,16,18H,3,9-11H2,1-2H3. The van der Waals surface area contributed by atoms with Crippen LogP contribution < -0.4 is 5.32 Å². The third-order valence-electron chi connectivity index (χ3n) is 4.33. The molecule has 1 aliphatic rings. The molecule has 1 saturated carbocycles. The molecule has 1 aromatic carbocycles. The highest BCUT2D eigenvalue weighted by Crippen LogP contribution is 2.51. The van der Waals surface area contributed by atoms with E-state index in [2.05, 4.69) is 59.9 Å². The van der Waals surface area contributed by atoms with Crippen LogP contribution in [0.4, 0.5) is 0 Å². The lowest BCUT2D eigenvalue weighted by atomic mass is 9.85. The van der Waals surface area contributed by atoms with Gasteiger partial charge in [-0.25, -0.2) is 4.98 Å². The molecule has 20 heavy (non-hydrogen) atoms. The van der Waals surface area contributed by atoms with Crippen molar-refractivity contribution in [2.24, 2.45) is 0 Å². The second kappa shape index (κ2) is 5.66. The van der Waals surface area contributed by atoms with Gasteiger partial charge in [0.2, 0.25) is 0 Å². The molecule has 1 fully saturated rings. The van der Waals surface area contributed by atoms with Crippen molar-refractivity contribution in [1.82, 2.24) is 10.3 Å². The summed E-state index contributed by atoms with van der Waals surface area (Å²) in [6, 6.07) is 11.5. The third kappa shape index (κ3) is 2.65. The van der Waals surface area contributed by atoms with Crippen LogP contribution in [0.1, 0.15) is 36.0 Å². The molecule has 0 amide bonds. The fraction of sp³-hybridized carbons (Fsp3) is 0.471. The monoisotopic (exact) mass is 286 g/mol. The molecular weight excluding hydrogens is 264 g/mol. The van der Waals surface area contributed by atoms with Crippen LogP contribution in [0.25, 0.3) is 0 Å². The lowest BCUT2D eigenvalue weighted by Crippen LogP contribution is -2.41.